The highest BCUT2D eigenvalue weighted by Crippen LogP contribution is 2.24. The first-order valence-corrected chi connectivity index (χ1v) is 10.2. The third kappa shape index (κ3) is 4.19. The first-order valence-electron chi connectivity index (χ1n) is 10.2. The third-order valence-electron chi connectivity index (χ3n) is 5.63. The van der Waals surface area contributed by atoms with Crippen molar-refractivity contribution in [1.29, 1.82) is 0 Å². The number of hydrogen-bond donors (Lipinski definition) is 0. The van der Waals surface area contributed by atoms with Crippen molar-refractivity contribution in [1.82, 2.24) is 9.47 Å². The van der Waals surface area contributed by atoms with Crippen molar-refractivity contribution in [2.45, 2.75) is 38.8 Å². The number of fused-ring (bicyclic) bond motifs is 1. The van der Waals surface area contributed by atoms with Crippen LogP contribution >= 0.6 is 0 Å². The molecule has 1 unspecified atom stereocenters. The van der Waals surface area contributed by atoms with Crippen LogP contribution in [0.5, 0.6) is 5.75 Å². The number of hydrogen-bond acceptors (Lipinski definition) is 3. The summed E-state index contributed by atoms with van der Waals surface area (Å²) in [6.45, 7) is 3.14. The van der Waals surface area contributed by atoms with Crippen molar-refractivity contribution in [2.24, 2.45) is 0 Å². The Morgan fingerprint density at radius 3 is 2.59 bits per heavy atom. The topological polar surface area (TPSA) is 51.5 Å². The van der Waals surface area contributed by atoms with Crippen LogP contribution in [0.25, 0.3) is 10.9 Å². The molecule has 1 amide bonds. The molecule has 0 radical (unpaired) electrons. The second kappa shape index (κ2) is 8.52. The maximum absolute atomic E-state index is 12.9. The van der Waals surface area contributed by atoms with Crippen molar-refractivity contribution in [3.63, 3.8) is 0 Å². The Morgan fingerprint density at radius 2 is 1.79 bits per heavy atom. The van der Waals surface area contributed by atoms with Gasteiger partial charge in [0, 0.05) is 35.2 Å². The van der Waals surface area contributed by atoms with E-state index in [1.54, 1.807) is 6.20 Å². The minimum atomic E-state index is -0.0948. The number of para-hydroxylation sites is 2. The molecule has 2 aromatic carbocycles. The normalized spacial score (nSPS) is 16.7. The SMILES string of the molecule is CC1CCCCN1C(=O)Cn1cc(C(=O)COc2ccccc2)c2ccccc21. The predicted octanol–water partition coefficient (Wildman–Crippen LogP) is 4.30. The number of carbonyl (C=O) groups excluding carboxylic acids is 2. The number of piperidine rings is 1. The molecule has 1 fully saturated rings. The van der Waals surface area contributed by atoms with Crippen LogP contribution in [-0.4, -0.2) is 40.4 Å². The summed E-state index contributed by atoms with van der Waals surface area (Å²) in [5.41, 5.74) is 1.49. The van der Waals surface area contributed by atoms with E-state index in [0.29, 0.717) is 11.3 Å². The number of aromatic nitrogens is 1. The molecule has 150 valence electrons. The van der Waals surface area contributed by atoms with Crippen molar-refractivity contribution in [3.05, 3.63) is 66.4 Å². The zero-order valence-corrected chi connectivity index (χ0v) is 16.7. The average Bonchev–Trinajstić information content (AvgIpc) is 3.11. The van der Waals surface area contributed by atoms with Gasteiger partial charge >= 0.3 is 0 Å². The number of rotatable bonds is 6. The minimum absolute atomic E-state index is 0.0326. The summed E-state index contributed by atoms with van der Waals surface area (Å²) in [6, 6.07) is 17.3. The van der Waals surface area contributed by atoms with Crippen molar-refractivity contribution >= 4 is 22.6 Å². The van der Waals surface area contributed by atoms with Gasteiger partial charge in [-0.25, -0.2) is 0 Å². The zero-order chi connectivity index (χ0) is 20.2. The van der Waals surface area contributed by atoms with Gasteiger partial charge in [0.25, 0.3) is 0 Å². The van der Waals surface area contributed by atoms with E-state index in [4.69, 9.17) is 4.74 Å². The number of likely N-dealkylation sites (tertiary alicyclic amines) is 1. The molecular weight excluding hydrogens is 364 g/mol. The Hall–Kier alpha value is -3.08. The lowest BCUT2D eigenvalue weighted by Gasteiger charge is -2.33. The lowest BCUT2D eigenvalue weighted by atomic mass is 10.0. The molecule has 1 aromatic heterocycles. The molecule has 0 bridgehead atoms. The van der Waals surface area contributed by atoms with Crippen LogP contribution in [0.3, 0.4) is 0 Å². The lowest BCUT2D eigenvalue weighted by Crippen LogP contribution is -2.43. The molecule has 3 aromatic rings. The second-order valence-electron chi connectivity index (χ2n) is 7.64. The van der Waals surface area contributed by atoms with Crippen molar-refractivity contribution in [3.8, 4) is 5.75 Å². The van der Waals surface area contributed by atoms with Crippen LogP contribution in [0.1, 0.15) is 36.5 Å². The lowest BCUT2D eigenvalue weighted by molar-refractivity contribution is -0.135. The number of ether oxygens (including phenoxy) is 1. The zero-order valence-electron chi connectivity index (χ0n) is 16.7. The number of amides is 1. The summed E-state index contributed by atoms with van der Waals surface area (Å²) >= 11 is 0. The van der Waals surface area contributed by atoms with E-state index in [1.807, 2.05) is 64.1 Å². The predicted molar refractivity (Wildman–Crippen MR) is 113 cm³/mol. The Bertz CT molecular complexity index is 1010. The Morgan fingerprint density at radius 1 is 1.03 bits per heavy atom. The Balaban J connectivity index is 1.54. The van der Waals surface area contributed by atoms with Gasteiger partial charge in [-0.1, -0.05) is 36.4 Å². The van der Waals surface area contributed by atoms with Crippen LogP contribution in [0.4, 0.5) is 0 Å². The molecule has 5 nitrogen and oxygen atoms in total. The van der Waals surface area contributed by atoms with Gasteiger partial charge in [0.2, 0.25) is 11.7 Å². The molecule has 0 aliphatic carbocycles. The molecule has 5 heteroatoms. The van der Waals surface area contributed by atoms with Crippen LogP contribution in [-0.2, 0) is 11.3 Å². The molecule has 4 rings (SSSR count). The van der Waals surface area contributed by atoms with Gasteiger partial charge in [-0.2, -0.15) is 0 Å². The number of ketones is 1. The summed E-state index contributed by atoms with van der Waals surface area (Å²) in [6.07, 6.45) is 5.09. The third-order valence-corrected chi connectivity index (χ3v) is 5.63. The fourth-order valence-electron chi connectivity index (χ4n) is 4.05. The second-order valence-corrected chi connectivity index (χ2v) is 7.64. The smallest absolute Gasteiger partial charge is 0.242 e. The van der Waals surface area contributed by atoms with Gasteiger partial charge in [0.05, 0.1) is 0 Å². The van der Waals surface area contributed by atoms with Gasteiger partial charge in [0.15, 0.2) is 6.61 Å². The molecule has 0 saturated carbocycles. The highest BCUT2D eigenvalue weighted by molar-refractivity contribution is 6.09. The molecular formula is C24H26N2O3. The van der Waals surface area contributed by atoms with Crippen molar-refractivity contribution in [2.75, 3.05) is 13.2 Å². The van der Waals surface area contributed by atoms with Crippen molar-refractivity contribution < 1.29 is 14.3 Å². The first kappa shape index (κ1) is 19.2. The summed E-state index contributed by atoms with van der Waals surface area (Å²) < 4.78 is 7.53. The first-order chi connectivity index (χ1) is 14.1. The van der Waals surface area contributed by atoms with E-state index < -0.39 is 0 Å². The number of nitrogens with zero attached hydrogens (tertiary/aromatic N) is 2. The molecule has 2 heterocycles. The quantitative estimate of drug-likeness (QED) is 0.590. The highest BCUT2D eigenvalue weighted by Gasteiger charge is 2.24. The number of benzene rings is 2. The van der Waals surface area contributed by atoms with E-state index in [2.05, 4.69) is 6.92 Å². The summed E-state index contributed by atoms with van der Waals surface area (Å²) in [5, 5.41) is 0.855. The fraction of sp³-hybridized carbons (Fsp3) is 0.333. The van der Waals surface area contributed by atoms with Crippen LogP contribution < -0.4 is 4.74 Å². The van der Waals surface area contributed by atoms with Gasteiger partial charge in [0.1, 0.15) is 12.3 Å². The summed E-state index contributed by atoms with van der Waals surface area (Å²) in [7, 11) is 0. The van der Waals surface area contributed by atoms with E-state index >= 15 is 0 Å². The largest absolute Gasteiger partial charge is 0.485 e. The number of Topliss-reactive ketones (excluding diaryl/α,β-unsaturated/α-hetero) is 1. The van der Waals surface area contributed by atoms with E-state index in [1.165, 1.54) is 6.42 Å². The minimum Gasteiger partial charge on any atom is -0.485 e. The molecule has 1 aliphatic heterocycles. The summed E-state index contributed by atoms with van der Waals surface area (Å²) in [4.78, 5) is 27.7. The summed E-state index contributed by atoms with van der Waals surface area (Å²) in [5.74, 6) is 0.680. The van der Waals surface area contributed by atoms with Gasteiger partial charge < -0.3 is 14.2 Å². The van der Waals surface area contributed by atoms with Gasteiger partial charge in [-0.3, -0.25) is 9.59 Å². The molecule has 29 heavy (non-hydrogen) atoms. The molecule has 0 spiro atoms. The molecule has 1 aliphatic rings. The highest BCUT2D eigenvalue weighted by atomic mass is 16.5. The monoisotopic (exact) mass is 390 g/mol. The molecule has 1 atom stereocenters. The fourth-order valence-corrected chi connectivity index (χ4v) is 4.05. The van der Waals surface area contributed by atoms with Crippen LogP contribution in [0.2, 0.25) is 0 Å². The molecule has 1 saturated heterocycles. The van der Waals surface area contributed by atoms with E-state index in [9.17, 15) is 9.59 Å². The van der Waals surface area contributed by atoms with E-state index in [-0.39, 0.29) is 30.9 Å². The van der Waals surface area contributed by atoms with Crippen LogP contribution in [0, 0.1) is 0 Å². The van der Waals surface area contributed by atoms with Gasteiger partial charge in [-0.05, 0) is 44.4 Å². The Kier molecular flexibility index (Phi) is 5.65. The number of carbonyl (C=O) groups is 2. The average molecular weight is 390 g/mol. The molecule has 0 N–H and O–H groups in total. The van der Waals surface area contributed by atoms with Gasteiger partial charge in [-0.15, -0.1) is 0 Å². The Labute approximate surface area is 170 Å². The van der Waals surface area contributed by atoms with Crippen LogP contribution in [0.15, 0.2) is 60.8 Å². The van der Waals surface area contributed by atoms with E-state index in [0.717, 1.165) is 30.3 Å². The standard InChI is InChI=1S/C24H26N2O3/c1-18-9-7-8-14-26(18)24(28)16-25-15-21(20-12-5-6-13-22(20)25)23(27)17-29-19-10-3-2-4-11-19/h2-6,10-13,15,18H,7-9,14,16-17H2,1H3. The maximum Gasteiger partial charge on any atom is 0.242 e. The maximum atomic E-state index is 12.9.